The average Bonchev–Trinajstić information content (AvgIpc) is 3.33. The summed E-state index contributed by atoms with van der Waals surface area (Å²) in [5, 5.41) is 15.1. The zero-order valence-electron chi connectivity index (χ0n) is 18.1. The van der Waals surface area contributed by atoms with Crippen LogP contribution in [-0.2, 0) is 9.59 Å². The number of nitrogens with zero attached hydrogens (tertiary/aromatic N) is 2. The van der Waals surface area contributed by atoms with Crippen LogP contribution in [0, 0.1) is 13.8 Å². The molecule has 0 radical (unpaired) electrons. The second-order valence-electron chi connectivity index (χ2n) is 7.44. The number of aliphatic hydroxyl groups is 1. The number of ketones is 1. The predicted molar refractivity (Wildman–Crippen MR) is 117 cm³/mol. The first kappa shape index (κ1) is 21.2. The van der Waals surface area contributed by atoms with Crippen LogP contribution in [0.15, 0.2) is 58.6 Å². The van der Waals surface area contributed by atoms with Gasteiger partial charge in [-0.15, -0.1) is 0 Å². The maximum absolute atomic E-state index is 13.2. The zero-order valence-corrected chi connectivity index (χ0v) is 18.1. The Hall–Kier alpha value is -4.07. The molecule has 1 N–H and O–H groups in total. The first-order valence-electron chi connectivity index (χ1n) is 9.89. The summed E-state index contributed by atoms with van der Waals surface area (Å²) in [6, 6.07) is 12.6. The van der Waals surface area contributed by atoms with Gasteiger partial charge in [0.2, 0.25) is 0 Å². The van der Waals surface area contributed by atoms with E-state index in [0.29, 0.717) is 28.4 Å². The van der Waals surface area contributed by atoms with Crippen LogP contribution in [0.1, 0.15) is 28.5 Å². The number of hydrogen-bond donors (Lipinski definition) is 1. The molecule has 32 heavy (non-hydrogen) atoms. The van der Waals surface area contributed by atoms with Crippen molar-refractivity contribution in [1.29, 1.82) is 0 Å². The smallest absolute Gasteiger partial charge is 0.301 e. The first-order valence-corrected chi connectivity index (χ1v) is 9.89. The summed E-state index contributed by atoms with van der Waals surface area (Å²) in [5.74, 6) is -0.420. The molecule has 0 saturated carbocycles. The molecule has 2 aromatic carbocycles. The van der Waals surface area contributed by atoms with Gasteiger partial charge in [0.25, 0.3) is 5.78 Å². The van der Waals surface area contributed by atoms with Gasteiger partial charge in [-0.3, -0.25) is 14.5 Å². The number of amides is 1. The predicted octanol–water partition coefficient (Wildman–Crippen LogP) is 3.93. The third-order valence-corrected chi connectivity index (χ3v) is 5.36. The molecule has 1 atom stereocenters. The summed E-state index contributed by atoms with van der Waals surface area (Å²) in [5.41, 5.74) is 1.79. The standard InChI is InChI=1S/C24H22N2O6/c1-13-5-7-15(8-6-13)22(27)20-21(17-12-16(30-3)9-10-18(17)31-4)26(24(29)23(20)28)19-11-14(2)32-25-19/h5-12,21,27H,1-4H3. The monoisotopic (exact) mass is 434 g/mol. The molecule has 2 heterocycles. The second kappa shape index (κ2) is 8.22. The van der Waals surface area contributed by atoms with Crippen molar-refractivity contribution in [1.82, 2.24) is 5.16 Å². The van der Waals surface area contributed by atoms with Crippen molar-refractivity contribution in [2.24, 2.45) is 0 Å². The highest BCUT2D eigenvalue weighted by Crippen LogP contribution is 2.45. The van der Waals surface area contributed by atoms with Crippen molar-refractivity contribution in [3.63, 3.8) is 0 Å². The van der Waals surface area contributed by atoms with E-state index in [4.69, 9.17) is 14.0 Å². The molecular formula is C24H22N2O6. The number of benzene rings is 2. The molecule has 0 spiro atoms. The first-order chi connectivity index (χ1) is 15.3. The van der Waals surface area contributed by atoms with Gasteiger partial charge in [-0.2, -0.15) is 0 Å². The van der Waals surface area contributed by atoms with Gasteiger partial charge in [0.15, 0.2) is 5.82 Å². The molecule has 3 aromatic rings. The van der Waals surface area contributed by atoms with E-state index in [1.165, 1.54) is 19.1 Å². The maximum Gasteiger partial charge on any atom is 0.301 e. The number of hydrogen-bond acceptors (Lipinski definition) is 7. The molecular weight excluding hydrogens is 412 g/mol. The van der Waals surface area contributed by atoms with Crippen molar-refractivity contribution < 1.29 is 28.7 Å². The Morgan fingerprint density at radius 1 is 1.03 bits per heavy atom. The average molecular weight is 434 g/mol. The molecule has 1 saturated heterocycles. The number of aromatic nitrogens is 1. The van der Waals surface area contributed by atoms with Crippen LogP contribution in [-0.4, -0.2) is 36.2 Å². The lowest BCUT2D eigenvalue weighted by Gasteiger charge is -2.24. The minimum atomic E-state index is -1.01. The highest BCUT2D eigenvalue weighted by Gasteiger charge is 2.49. The van der Waals surface area contributed by atoms with Gasteiger partial charge in [0.1, 0.15) is 29.1 Å². The molecule has 1 fully saturated rings. The number of methoxy groups -OCH3 is 2. The van der Waals surface area contributed by atoms with E-state index in [-0.39, 0.29) is 17.2 Å². The SMILES string of the molecule is COc1ccc(OC)c(C2C(=C(O)c3ccc(C)cc3)C(=O)C(=O)N2c2cc(C)on2)c1. The number of aryl methyl sites for hydroxylation is 2. The summed E-state index contributed by atoms with van der Waals surface area (Å²) in [7, 11) is 2.99. The van der Waals surface area contributed by atoms with Gasteiger partial charge < -0.3 is 19.1 Å². The molecule has 1 aliphatic rings. The van der Waals surface area contributed by atoms with Crippen molar-refractivity contribution in [3.05, 3.63) is 76.6 Å². The van der Waals surface area contributed by atoms with Crippen LogP contribution in [0.25, 0.3) is 5.76 Å². The topological polar surface area (TPSA) is 102 Å². The minimum absolute atomic E-state index is 0.0777. The second-order valence-corrected chi connectivity index (χ2v) is 7.44. The third kappa shape index (κ3) is 3.49. The quantitative estimate of drug-likeness (QED) is 0.369. The van der Waals surface area contributed by atoms with Crippen molar-refractivity contribution >= 4 is 23.3 Å². The van der Waals surface area contributed by atoms with Crippen LogP contribution in [0.5, 0.6) is 11.5 Å². The molecule has 4 rings (SSSR count). The summed E-state index contributed by atoms with van der Waals surface area (Å²) in [6.07, 6.45) is 0. The Morgan fingerprint density at radius 2 is 1.75 bits per heavy atom. The van der Waals surface area contributed by atoms with E-state index in [1.54, 1.807) is 43.3 Å². The van der Waals surface area contributed by atoms with Gasteiger partial charge in [0, 0.05) is 17.2 Å². The number of Topliss-reactive ketones (excluding diaryl/α,β-unsaturated/α-hetero) is 1. The highest BCUT2D eigenvalue weighted by molar-refractivity contribution is 6.51. The van der Waals surface area contributed by atoms with Crippen LogP contribution in [0.2, 0.25) is 0 Å². The summed E-state index contributed by atoms with van der Waals surface area (Å²) in [4.78, 5) is 27.5. The molecule has 1 amide bonds. The van der Waals surface area contributed by atoms with E-state index in [9.17, 15) is 14.7 Å². The largest absolute Gasteiger partial charge is 0.507 e. The molecule has 1 unspecified atom stereocenters. The van der Waals surface area contributed by atoms with Gasteiger partial charge >= 0.3 is 5.91 Å². The number of aliphatic hydroxyl groups excluding tert-OH is 1. The van der Waals surface area contributed by atoms with Crippen LogP contribution >= 0.6 is 0 Å². The van der Waals surface area contributed by atoms with Gasteiger partial charge in [-0.1, -0.05) is 35.0 Å². The summed E-state index contributed by atoms with van der Waals surface area (Å²) < 4.78 is 16.0. The number of rotatable bonds is 5. The number of carbonyl (C=O) groups is 2. The van der Waals surface area contributed by atoms with E-state index >= 15 is 0 Å². The number of anilines is 1. The third-order valence-electron chi connectivity index (χ3n) is 5.36. The number of carbonyl (C=O) groups excluding carboxylic acids is 2. The van der Waals surface area contributed by atoms with Gasteiger partial charge in [-0.25, -0.2) is 0 Å². The van der Waals surface area contributed by atoms with Crippen LogP contribution < -0.4 is 14.4 Å². The van der Waals surface area contributed by atoms with Crippen molar-refractivity contribution in [2.75, 3.05) is 19.1 Å². The molecule has 0 aliphatic carbocycles. The Labute approximate surface area is 184 Å². The Kier molecular flexibility index (Phi) is 5.44. The Balaban J connectivity index is 2.00. The van der Waals surface area contributed by atoms with Crippen LogP contribution in [0.4, 0.5) is 5.82 Å². The molecule has 164 valence electrons. The number of ether oxygens (including phenoxy) is 2. The van der Waals surface area contributed by atoms with E-state index in [0.717, 1.165) is 5.56 Å². The lowest BCUT2D eigenvalue weighted by atomic mass is 9.94. The lowest BCUT2D eigenvalue weighted by Crippen LogP contribution is -2.30. The van der Waals surface area contributed by atoms with Crippen molar-refractivity contribution in [2.45, 2.75) is 19.9 Å². The maximum atomic E-state index is 13.2. The fourth-order valence-electron chi connectivity index (χ4n) is 3.75. The molecule has 0 bridgehead atoms. The molecule has 8 heteroatoms. The Morgan fingerprint density at radius 3 is 2.34 bits per heavy atom. The van der Waals surface area contributed by atoms with E-state index in [1.807, 2.05) is 19.1 Å². The summed E-state index contributed by atoms with van der Waals surface area (Å²) in [6.45, 7) is 3.59. The zero-order chi connectivity index (χ0) is 23.0. The lowest BCUT2D eigenvalue weighted by molar-refractivity contribution is -0.132. The summed E-state index contributed by atoms with van der Waals surface area (Å²) >= 11 is 0. The molecule has 1 aliphatic heterocycles. The van der Waals surface area contributed by atoms with E-state index in [2.05, 4.69) is 5.16 Å². The fourth-order valence-corrected chi connectivity index (χ4v) is 3.75. The molecule has 1 aromatic heterocycles. The van der Waals surface area contributed by atoms with Gasteiger partial charge in [-0.05, 0) is 32.0 Å². The van der Waals surface area contributed by atoms with Crippen molar-refractivity contribution in [3.8, 4) is 11.5 Å². The van der Waals surface area contributed by atoms with Crippen LogP contribution in [0.3, 0.4) is 0 Å². The molecule has 8 nitrogen and oxygen atoms in total. The van der Waals surface area contributed by atoms with E-state index < -0.39 is 17.7 Å². The van der Waals surface area contributed by atoms with Gasteiger partial charge in [0.05, 0.1) is 19.8 Å². The highest BCUT2D eigenvalue weighted by atomic mass is 16.5. The fraction of sp³-hybridized carbons (Fsp3) is 0.208. The minimum Gasteiger partial charge on any atom is -0.507 e. The normalized spacial score (nSPS) is 17.6. The Bertz CT molecular complexity index is 1230.